The molecule has 1 saturated heterocycles. The lowest BCUT2D eigenvalue weighted by Crippen LogP contribution is -2.51. The monoisotopic (exact) mass is 534 g/mol. The van der Waals surface area contributed by atoms with Crippen molar-refractivity contribution < 1.29 is 14.3 Å². The van der Waals surface area contributed by atoms with Gasteiger partial charge in [0.05, 0.1) is 29.1 Å². The molecule has 0 aromatic heterocycles. The number of aliphatic imine (C=N–C) groups is 1. The first kappa shape index (κ1) is 28.7. The minimum atomic E-state index is -0.279. The van der Waals surface area contributed by atoms with E-state index in [9.17, 15) is 9.59 Å². The van der Waals surface area contributed by atoms with Crippen LogP contribution in [0.3, 0.4) is 0 Å². The van der Waals surface area contributed by atoms with E-state index < -0.39 is 0 Å². The Kier molecular flexibility index (Phi) is 10.3. The Bertz CT molecular complexity index is 1270. The average Bonchev–Trinajstić information content (AvgIpc) is 2.95. The number of nitrogens with two attached hydrogens (primary N) is 1. The summed E-state index contributed by atoms with van der Waals surface area (Å²) in [4.78, 5) is 34.1. The minimum Gasteiger partial charge on any atom is -0.496 e. The van der Waals surface area contributed by atoms with Crippen LogP contribution in [0.1, 0.15) is 41.8 Å². The van der Waals surface area contributed by atoms with Gasteiger partial charge < -0.3 is 20.3 Å². The summed E-state index contributed by atoms with van der Waals surface area (Å²) in [5.41, 5.74) is 10.1. The first-order valence-corrected chi connectivity index (χ1v) is 13.1. The lowest BCUT2D eigenvalue weighted by atomic mass is 10.1. The van der Waals surface area contributed by atoms with Gasteiger partial charge in [-0.05, 0) is 48.8 Å². The highest BCUT2D eigenvalue weighted by atomic mass is 35.5. The van der Waals surface area contributed by atoms with Gasteiger partial charge in [-0.1, -0.05) is 62.4 Å². The van der Waals surface area contributed by atoms with E-state index in [1.807, 2.05) is 31.2 Å². The molecule has 0 atom stereocenters. The standard InChI is InChI=1S/C30H35ClN4O3/c1-5-10-27(22-14-13-21(6-2)28(19-22)38-4)33-23(7-3)20-26(32)30(37)35-17-15-34(16-18-35)29(36)24-11-8-9-12-25(24)31/h5,8-14,19-20H,1,6-7,15-18,32H2,2-4H3/b26-20-,27-10-,33-23+. The molecule has 0 radical (unpaired) electrons. The van der Waals surface area contributed by atoms with Gasteiger partial charge in [0.15, 0.2) is 0 Å². The highest BCUT2D eigenvalue weighted by molar-refractivity contribution is 6.33. The van der Waals surface area contributed by atoms with Crippen molar-refractivity contribution >= 4 is 34.8 Å². The first-order valence-electron chi connectivity index (χ1n) is 12.7. The zero-order valence-electron chi connectivity index (χ0n) is 22.2. The van der Waals surface area contributed by atoms with Gasteiger partial charge in [-0.3, -0.25) is 14.6 Å². The van der Waals surface area contributed by atoms with Crippen molar-refractivity contribution in [2.75, 3.05) is 33.3 Å². The van der Waals surface area contributed by atoms with Crippen molar-refractivity contribution in [3.05, 3.63) is 94.7 Å². The van der Waals surface area contributed by atoms with Crippen LogP contribution in [0.5, 0.6) is 5.75 Å². The number of nitrogens with zero attached hydrogens (tertiary/aromatic N) is 3. The van der Waals surface area contributed by atoms with E-state index in [0.29, 0.717) is 54.6 Å². The molecule has 1 fully saturated rings. The first-order chi connectivity index (χ1) is 18.3. The molecule has 1 aliphatic rings. The smallest absolute Gasteiger partial charge is 0.269 e. The largest absolute Gasteiger partial charge is 0.496 e. The Balaban J connectivity index is 1.73. The fourth-order valence-electron chi connectivity index (χ4n) is 4.22. The molecular weight excluding hydrogens is 500 g/mol. The second kappa shape index (κ2) is 13.6. The van der Waals surface area contributed by atoms with Crippen LogP contribution in [-0.2, 0) is 11.2 Å². The molecule has 38 heavy (non-hydrogen) atoms. The fourth-order valence-corrected chi connectivity index (χ4v) is 4.43. The normalized spacial score (nSPS) is 14.9. The summed E-state index contributed by atoms with van der Waals surface area (Å²) in [5.74, 6) is 0.376. The highest BCUT2D eigenvalue weighted by Crippen LogP contribution is 2.26. The molecule has 0 unspecified atom stereocenters. The van der Waals surface area contributed by atoms with Crippen LogP contribution in [0.2, 0.25) is 5.02 Å². The molecule has 2 amide bonds. The van der Waals surface area contributed by atoms with E-state index in [4.69, 9.17) is 27.1 Å². The molecule has 1 aliphatic heterocycles. The van der Waals surface area contributed by atoms with Crippen LogP contribution in [0, 0.1) is 0 Å². The number of carbonyl (C=O) groups is 2. The van der Waals surface area contributed by atoms with Crippen molar-refractivity contribution in [1.82, 2.24) is 9.80 Å². The van der Waals surface area contributed by atoms with Crippen molar-refractivity contribution in [2.45, 2.75) is 26.7 Å². The Labute approximate surface area is 229 Å². The van der Waals surface area contributed by atoms with Crippen molar-refractivity contribution in [3.63, 3.8) is 0 Å². The summed E-state index contributed by atoms with van der Waals surface area (Å²) in [7, 11) is 1.65. The van der Waals surface area contributed by atoms with Gasteiger partial charge in [0.1, 0.15) is 5.75 Å². The van der Waals surface area contributed by atoms with Crippen LogP contribution in [0.4, 0.5) is 0 Å². The molecule has 0 spiro atoms. The molecule has 0 saturated carbocycles. The number of amides is 2. The molecule has 3 rings (SSSR count). The number of carbonyl (C=O) groups excluding carboxylic acids is 2. The number of ether oxygens (including phenoxy) is 1. The Morgan fingerprint density at radius 2 is 1.79 bits per heavy atom. The van der Waals surface area contributed by atoms with E-state index in [0.717, 1.165) is 23.3 Å². The van der Waals surface area contributed by atoms with Gasteiger partial charge in [-0.15, -0.1) is 0 Å². The highest BCUT2D eigenvalue weighted by Gasteiger charge is 2.26. The van der Waals surface area contributed by atoms with Gasteiger partial charge in [0.2, 0.25) is 0 Å². The zero-order valence-corrected chi connectivity index (χ0v) is 23.0. The topological polar surface area (TPSA) is 88.2 Å². The minimum absolute atomic E-state index is 0.105. The van der Waals surface area contributed by atoms with Crippen molar-refractivity contribution in [2.24, 2.45) is 10.7 Å². The predicted molar refractivity (Wildman–Crippen MR) is 154 cm³/mol. The number of aryl methyl sites for hydroxylation is 1. The number of piperazine rings is 1. The maximum Gasteiger partial charge on any atom is 0.269 e. The van der Waals surface area contributed by atoms with Gasteiger partial charge >= 0.3 is 0 Å². The second-order valence-corrected chi connectivity index (χ2v) is 9.20. The van der Waals surface area contributed by atoms with E-state index in [1.165, 1.54) is 0 Å². The van der Waals surface area contributed by atoms with Crippen LogP contribution in [0.25, 0.3) is 5.70 Å². The van der Waals surface area contributed by atoms with E-state index in [1.54, 1.807) is 53.3 Å². The molecule has 8 heteroatoms. The van der Waals surface area contributed by atoms with Gasteiger partial charge in [0, 0.05) is 37.5 Å². The molecule has 1 heterocycles. The van der Waals surface area contributed by atoms with Gasteiger partial charge in [-0.2, -0.15) is 0 Å². The summed E-state index contributed by atoms with van der Waals surface area (Å²) in [5, 5.41) is 0.416. The van der Waals surface area contributed by atoms with Gasteiger partial charge in [0.25, 0.3) is 11.8 Å². The number of allylic oxidation sites excluding steroid dienone is 3. The maximum absolute atomic E-state index is 13.1. The van der Waals surface area contributed by atoms with E-state index in [2.05, 4.69) is 13.5 Å². The fraction of sp³-hybridized carbons (Fsp3) is 0.300. The molecule has 0 bridgehead atoms. The zero-order chi connectivity index (χ0) is 27.7. The number of benzene rings is 2. The molecule has 2 aromatic rings. The van der Waals surface area contributed by atoms with Crippen LogP contribution >= 0.6 is 11.6 Å². The van der Waals surface area contributed by atoms with Crippen LogP contribution < -0.4 is 10.5 Å². The molecule has 2 aromatic carbocycles. The quantitative estimate of drug-likeness (QED) is 0.275. The molecular formula is C30H35ClN4O3. The van der Waals surface area contributed by atoms with Gasteiger partial charge in [-0.25, -0.2) is 0 Å². The molecule has 7 nitrogen and oxygen atoms in total. The summed E-state index contributed by atoms with van der Waals surface area (Å²) < 4.78 is 5.54. The van der Waals surface area contributed by atoms with Crippen LogP contribution in [-0.4, -0.2) is 60.6 Å². The summed E-state index contributed by atoms with van der Waals surface area (Å²) in [6.45, 7) is 9.42. The lowest BCUT2D eigenvalue weighted by Gasteiger charge is -2.35. The SMILES string of the molecule is C=C\C=C(/N=C(/C=C(\N)C(=O)N1CCN(C(=O)c2ccccc2Cl)CC1)CC)c1ccc(CC)c(OC)c1. The lowest BCUT2D eigenvalue weighted by molar-refractivity contribution is -0.128. The number of hydrogen-bond acceptors (Lipinski definition) is 5. The second-order valence-electron chi connectivity index (χ2n) is 8.79. The maximum atomic E-state index is 13.1. The van der Waals surface area contributed by atoms with Crippen molar-refractivity contribution in [1.29, 1.82) is 0 Å². The number of rotatable bonds is 9. The predicted octanol–water partition coefficient (Wildman–Crippen LogP) is 5.12. The Morgan fingerprint density at radius 1 is 1.11 bits per heavy atom. The third-order valence-corrected chi connectivity index (χ3v) is 6.72. The van der Waals surface area contributed by atoms with Crippen LogP contribution in [0.15, 0.2) is 78.0 Å². The Hall–Kier alpha value is -3.84. The van der Waals surface area contributed by atoms with E-state index in [-0.39, 0.29) is 17.5 Å². The third kappa shape index (κ3) is 6.92. The number of hydrogen-bond donors (Lipinski definition) is 1. The number of methoxy groups -OCH3 is 1. The summed E-state index contributed by atoms with van der Waals surface area (Å²) in [6.07, 6.45) is 6.55. The van der Waals surface area contributed by atoms with E-state index >= 15 is 0 Å². The number of halogens is 1. The Morgan fingerprint density at radius 3 is 2.39 bits per heavy atom. The molecule has 0 aliphatic carbocycles. The summed E-state index contributed by atoms with van der Waals surface area (Å²) in [6, 6.07) is 12.9. The summed E-state index contributed by atoms with van der Waals surface area (Å²) >= 11 is 6.18. The molecule has 2 N–H and O–H groups in total. The average molecular weight is 535 g/mol. The molecule has 200 valence electrons. The van der Waals surface area contributed by atoms with Crippen molar-refractivity contribution in [3.8, 4) is 5.75 Å². The third-order valence-electron chi connectivity index (χ3n) is 6.39.